The SMILES string of the molecule is Cc1cccc(NC(=O)C2(c3ccccc3Cl)CC2)n1. The number of aryl methyl sites for hydroxylation is 1. The molecular weight excluding hydrogens is 272 g/mol. The normalized spacial score (nSPS) is 15.7. The van der Waals surface area contributed by atoms with Crippen LogP contribution in [0.5, 0.6) is 0 Å². The van der Waals surface area contributed by atoms with Gasteiger partial charge in [0.1, 0.15) is 5.82 Å². The molecule has 1 aromatic heterocycles. The molecule has 4 heteroatoms. The maximum absolute atomic E-state index is 12.6. The third kappa shape index (κ3) is 2.29. The highest BCUT2D eigenvalue weighted by atomic mass is 35.5. The predicted octanol–water partition coefficient (Wildman–Crippen LogP) is 3.71. The fraction of sp³-hybridized carbons (Fsp3) is 0.250. The van der Waals surface area contributed by atoms with E-state index < -0.39 is 5.41 Å². The lowest BCUT2D eigenvalue weighted by Gasteiger charge is -2.16. The van der Waals surface area contributed by atoms with Crippen molar-refractivity contribution in [2.75, 3.05) is 5.32 Å². The maximum atomic E-state index is 12.6. The molecule has 3 nitrogen and oxygen atoms in total. The van der Waals surface area contributed by atoms with E-state index in [2.05, 4.69) is 10.3 Å². The monoisotopic (exact) mass is 286 g/mol. The number of amides is 1. The largest absolute Gasteiger partial charge is 0.310 e. The Hall–Kier alpha value is -1.87. The zero-order valence-corrected chi connectivity index (χ0v) is 11.9. The van der Waals surface area contributed by atoms with Crippen LogP contribution in [0.15, 0.2) is 42.5 Å². The van der Waals surface area contributed by atoms with Gasteiger partial charge in [-0.25, -0.2) is 4.98 Å². The van der Waals surface area contributed by atoms with Gasteiger partial charge in [-0.05, 0) is 43.5 Å². The summed E-state index contributed by atoms with van der Waals surface area (Å²) in [5.41, 5.74) is 1.31. The lowest BCUT2D eigenvalue weighted by atomic mass is 9.95. The molecule has 0 atom stereocenters. The van der Waals surface area contributed by atoms with Crippen molar-refractivity contribution in [2.45, 2.75) is 25.2 Å². The third-order valence-corrected chi connectivity index (χ3v) is 4.03. The number of hydrogen-bond donors (Lipinski definition) is 1. The van der Waals surface area contributed by atoms with Gasteiger partial charge in [-0.15, -0.1) is 0 Å². The summed E-state index contributed by atoms with van der Waals surface area (Å²) in [4.78, 5) is 16.9. The van der Waals surface area contributed by atoms with Crippen LogP contribution >= 0.6 is 11.6 Å². The van der Waals surface area contributed by atoms with Crippen molar-refractivity contribution in [1.82, 2.24) is 4.98 Å². The zero-order chi connectivity index (χ0) is 14.2. The molecule has 0 unspecified atom stereocenters. The zero-order valence-electron chi connectivity index (χ0n) is 11.2. The maximum Gasteiger partial charge on any atom is 0.236 e. The minimum atomic E-state index is -0.482. The predicted molar refractivity (Wildman–Crippen MR) is 80.0 cm³/mol. The number of carbonyl (C=O) groups excluding carboxylic acids is 1. The van der Waals surface area contributed by atoms with Crippen LogP contribution in [0.2, 0.25) is 5.02 Å². The average molecular weight is 287 g/mol. The second kappa shape index (κ2) is 4.91. The van der Waals surface area contributed by atoms with Crippen LogP contribution < -0.4 is 5.32 Å². The highest BCUT2D eigenvalue weighted by Gasteiger charge is 2.52. The molecule has 1 N–H and O–H groups in total. The lowest BCUT2D eigenvalue weighted by Crippen LogP contribution is -2.28. The minimum Gasteiger partial charge on any atom is -0.310 e. The number of rotatable bonds is 3. The van der Waals surface area contributed by atoms with Crippen LogP contribution in [0.1, 0.15) is 24.1 Å². The van der Waals surface area contributed by atoms with Crippen LogP contribution in [0.25, 0.3) is 0 Å². The molecular formula is C16H15ClN2O. The van der Waals surface area contributed by atoms with Gasteiger partial charge in [-0.3, -0.25) is 4.79 Å². The molecule has 0 bridgehead atoms. The standard InChI is InChI=1S/C16H15ClN2O/c1-11-5-4-8-14(18-11)19-15(20)16(9-10-16)12-6-2-3-7-13(12)17/h2-8H,9-10H2,1H3,(H,18,19,20). The highest BCUT2D eigenvalue weighted by Crippen LogP contribution is 2.51. The Morgan fingerprint density at radius 1 is 1.20 bits per heavy atom. The van der Waals surface area contributed by atoms with E-state index in [9.17, 15) is 4.79 Å². The Morgan fingerprint density at radius 3 is 2.60 bits per heavy atom. The summed E-state index contributed by atoms with van der Waals surface area (Å²) in [5.74, 6) is 0.567. The van der Waals surface area contributed by atoms with Gasteiger partial charge in [-0.1, -0.05) is 35.9 Å². The molecule has 1 heterocycles. The fourth-order valence-electron chi connectivity index (χ4n) is 2.44. The fourth-order valence-corrected chi connectivity index (χ4v) is 2.76. The van der Waals surface area contributed by atoms with Crippen LogP contribution in [-0.2, 0) is 10.2 Å². The van der Waals surface area contributed by atoms with Crippen molar-refractivity contribution in [1.29, 1.82) is 0 Å². The van der Waals surface area contributed by atoms with E-state index in [1.165, 1.54) is 0 Å². The number of hydrogen-bond acceptors (Lipinski definition) is 2. The first-order valence-corrected chi connectivity index (χ1v) is 7.00. The topological polar surface area (TPSA) is 42.0 Å². The first kappa shape index (κ1) is 13.1. The van der Waals surface area contributed by atoms with Crippen molar-refractivity contribution in [3.8, 4) is 0 Å². The van der Waals surface area contributed by atoms with Gasteiger partial charge in [0.25, 0.3) is 0 Å². The molecule has 1 aliphatic carbocycles. The Balaban J connectivity index is 1.86. The van der Waals surface area contributed by atoms with E-state index in [0.29, 0.717) is 10.8 Å². The van der Waals surface area contributed by atoms with Gasteiger partial charge in [-0.2, -0.15) is 0 Å². The quantitative estimate of drug-likeness (QED) is 0.934. The van der Waals surface area contributed by atoms with Crippen LogP contribution in [0, 0.1) is 6.92 Å². The van der Waals surface area contributed by atoms with E-state index >= 15 is 0 Å². The molecule has 1 aliphatic rings. The number of pyridine rings is 1. The van der Waals surface area contributed by atoms with Gasteiger partial charge in [0, 0.05) is 10.7 Å². The number of benzene rings is 1. The molecule has 2 aromatic rings. The van der Waals surface area contributed by atoms with Gasteiger partial charge in [0.2, 0.25) is 5.91 Å². The Morgan fingerprint density at radius 2 is 1.95 bits per heavy atom. The molecule has 1 saturated carbocycles. The van der Waals surface area contributed by atoms with Gasteiger partial charge in [0.15, 0.2) is 0 Å². The summed E-state index contributed by atoms with van der Waals surface area (Å²) >= 11 is 6.23. The lowest BCUT2D eigenvalue weighted by molar-refractivity contribution is -0.118. The number of anilines is 1. The molecule has 0 radical (unpaired) electrons. The molecule has 1 fully saturated rings. The number of nitrogens with one attached hydrogen (secondary N) is 1. The van der Waals surface area contributed by atoms with Gasteiger partial charge >= 0.3 is 0 Å². The van der Waals surface area contributed by atoms with Crippen LogP contribution in [0.3, 0.4) is 0 Å². The summed E-state index contributed by atoms with van der Waals surface area (Å²) < 4.78 is 0. The Labute approximate surface area is 123 Å². The van der Waals surface area contributed by atoms with E-state index in [1.54, 1.807) is 6.07 Å². The summed E-state index contributed by atoms with van der Waals surface area (Å²) in [6.45, 7) is 1.90. The summed E-state index contributed by atoms with van der Waals surface area (Å²) in [7, 11) is 0. The Kier molecular flexibility index (Phi) is 3.22. The van der Waals surface area contributed by atoms with E-state index in [0.717, 1.165) is 24.1 Å². The van der Waals surface area contributed by atoms with E-state index in [1.807, 2.05) is 43.3 Å². The van der Waals surface area contributed by atoms with Gasteiger partial charge < -0.3 is 5.32 Å². The molecule has 1 aromatic carbocycles. The minimum absolute atomic E-state index is 0.0244. The van der Waals surface area contributed by atoms with Crippen LogP contribution in [0.4, 0.5) is 5.82 Å². The molecule has 0 spiro atoms. The second-order valence-corrected chi connectivity index (χ2v) is 5.59. The third-order valence-electron chi connectivity index (χ3n) is 3.70. The highest BCUT2D eigenvalue weighted by molar-refractivity contribution is 6.32. The average Bonchev–Trinajstić information content (AvgIpc) is 3.21. The Bertz CT molecular complexity index is 665. The van der Waals surface area contributed by atoms with E-state index in [4.69, 9.17) is 11.6 Å². The molecule has 1 amide bonds. The smallest absolute Gasteiger partial charge is 0.236 e. The van der Waals surface area contributed by atoms with Crippen LogP contribution in [-0.4, -0.2) is 10.9 Å². The van der Waals surface area contributed by atoms with Crippen molar-refractivity contribution in [3.05, 3.63) is 58.7 Å². The first-order valence-electron chi connectivity index (χ1n) is 6.62. The molecule has 0 aliphatic heterocycles. The number of aromatic nitrogens is 1. The van der Waals surface area contributed by atoms with Gasteiger partial charge in [0.05, 0.1) is 5.41 Å². The second-order valence-electron chi connectivity index (χ2n) is 5.18. The molecule has 102 valence electrons. The summed E-state index contributed by atoms with van der Waals surface area (Å²) in [6.07, 6.45) is 1.66. The summed E-state index contributed by atoms with van der Waals surface area (Å²) in [6, 6.07) is 13.1. The van der Waals surface area contributed by atoms with Crippen molar-refractivity contribution in [3.63, 3.8) is 0 Å². The molecule has 3 rings (SSSR count). The number of carbonyl (C=O) groups is 1. The van der Waals surface area contributed by atoms with Crippen molar-refractivity contribution < 1.29 is 4.79 Å². The van der Waals surface area contributed by atoms with Crippen molar-refractivity contribution in [2.24, 2.45) is 0 Å². The van der Waals surface area contributed by atoms with Crippen molar-refractivity contribution >= 4 is 23.3 Å². The summed E-state index contributed by atoms with van der Waals surface area (Å²) in [5, 5.41) is 3.55. The number of nitrogens with zero attached hydrogens (tertiary/aromatic N) is 1. The van der Waals surface area contributed by atoms with E-state index in [-0.39, 0.29) is 5.91 Å². The molecule has 0 saturated heterocycles. The first-order chi connectivity index (χ1) is 9.62. The number of halogens is 1. The molecule has 20 heavy (non-hydrogen) atoms.